The molecule has 29 heavy (non-hydrogen) atoms. The smallest absolute Gasteiger partial charge is 0.321 e. The zero-order chi connectivity index (χ0) is 21.0. The lowest BCUT2D eigenvalue weighted by atomic mass is 10.2. The number of urea groups is 1. The highest BCUT2D eigenvalue weighted by atomic mass is 32.2. The summed E-state index contributed by atoms with van der Waals surface area (Å²) in [6.07, 6.45) is 1.83. The molecule has 1 atom stereocenters. The molecule has 1 heterocycles. The van der Waals surface area contributed by atoms with Gasteiger partial charge in [0.25, 0.3) is 5.56 Å². The average molecular weight is 418 g/mol. The van der Waals surface area contributed by atoms with E-state index in [4.69, 9.17) is 0 Å². The summed E-state index contributed by atoms with van der Waals surface area (Å²) < 4.78 is 6.01. The van der Waals surface area contributed by atoms with Crippen LogP contribution in [0.15, 0.2) is 34.2 Å². The second kappa shape index (κ2) is 9.08. The van der Waals surface area contributed by atoms with E-state index in [2.05, 4.69) is 20.4 Å². The van der Waals surface area contributed by atoms with Crippen molar-refractivity contribution in [1.82, 2.24) is 20.2 Å². The summed E-state index contributed by atoms with van der Waals surface area (Å²) in [7, 11) is 1.28. The average Bonchev–Trinajstić information content (AvgIpc) is 3.51. The second-order valence-electron chi connectivity index (χ2n) is 6.69. The quantitative estimate of drug-likeness (QED) is 0.396. The maximum Gasteiger partial charge on any atom is 0.321 e. The highest BCUT2D eigenvalue weighted by Gasteiger charge is 2.26. The summed E-state index contributed by atoms with van der Waals surface area (Å²) in [6.45, 7) is 1.69. The molecule has 1 fully saturated rings. The van der Waals surface area contributed by atoms with Crippen LogP contribution in [0, 0.1) is 0 Å². The third-order valence-corrected chi connectivity index (χ3v) is 5.48. The summed E-state index contributed by atoms with van der Waals surface area (Å²) in [5.74, 6) is -0.946. The molecule has 0 spiro atoms. The topological polar surface area (TPSA) is 119 Å². The molecule has 1 aromatic carbocycles. The van der Waals surface area contributed by atoms with Crippen LogP contribution >= 0.6 is 11.8 Å². The van der Waals surface area contributed by atoms with Gasteiger partial charge in [-0.2, -0.15) is 0 Å². The first kappa shape index (κ1) is 20.8. The van der Waals surface area contributed by atoms with Crippen molar-refractivity contribution in [2.45, 2.75) is 49.2 Å². The number of nitrogens with one attached hydrogen (secondary N) is 2. The van der Waals surface area contributed by atoms with Gasteiger partial charge in [0.05, 0.1) is 29.7 Å². The number of thioether (sulfide) groups is 1. The van der Waals surface area contributed by atoms with Gasteiger partial charge in [-0.3, -0.25) is 24.3 Å². The number of benzene rings is 1. The van der Waals surface area contributed by atoms with Crippen LogP contribution in [0.2, 0.25) is 0 Å². The Bertz CT molecular complexity index is 1000. The molecule has 1 aliphatic rings. The number of nitrogens with zero attached hydrogens (tertiary/aromatic N) is 2. The number of carbonyl (C=O) groups is 3. The Morgan fingerprint density at radius 1 is 1.31 bits per heavy atom. The standard InChI is InChI=1S/C19H22N4O5S/c1-11(16(25)22-18(27)20-12-7-8-12)29-19-21-14-6-4-3-5-13(14)17(26)23(19)10-9-15(24)28-2/h3-6,11-12H,7-10H2,1-2H3,(H2,20,22,25,27). The lowest BCUT2D eigenvalue weighted by molar-refractivity contribution is -0.140. The molecule has 2 aromatic rings. The van der Waals surface area contributed by atoms with Crippen molar-refractivity contribution in [3.63, 3.8) is 0 Å². The van der Waals surface area contributed by atoms with E-state index in [0.717, 1.165) is 24.6 Å². The Hall–Kier alpha value is -2.88. The number of imide groups is 1. The maximum atomic E-state index is 12.9. The first-order valence-corrected chi connectivity index (χ1v) is 10.1. The molecular formula is C19H22N4O5S. The maximum absolute atomic E-state index is 12.9. The van der Waals surface area contributed by atoms with Crippen LogP contribution in [0.4, 0.5) is 4.79 Å². The summed E-state index contributed by atoms with van der Waals surface area (Å²) >= 11 is 1.05. The van der Waals surface area contributed by atoms with Gasteiger partial charge < -0.3 is 10.1 Å². The predicted molar refractivity (Wildman–Crippen MR) is 108 cm³/mol. The van der Waals surface area contributed by atoms with Gasteiger partial charge in [0.2, 0.25) is 5.91 Å². The van der Waals surface area contributed by atoms with Crippen molar-refractivity contribution >= 4 is 40.6 Å². The Morgan fingerprint density at radius 2 is 2.03 bits per heavy atom. The van der Waals surface area contributed by atoms with E-state index in [1.54, 1.807) is 31.2 Å². The van der Waals surface area contributed by atoms with Crippen molar-refractivity contribution in [3.05, 3.63) is 34.6 Å². The molecule has 3 amide bonds. The van der Waals surface area contributed by atoms with E-state index in [1.165, 1.54) is 11.7 Å². The van der Waals surface area contributed by atoms with Gasteiger partial charge in [0.1, 0.15) is 0 Å². The minimum Gasteiger partial charge on any atom is -0.469 e. The number of hydrogen-bond acceptors (Lipinski definition) is 7. The van der Waals surface area contributed by atoms with Crippen LogP contribution in [0.3, 0.4) is 0 Å². The van der Waals surface area contributed by atoms with Crippen LogP contribution in [-0.4, -0.2) is 45.9 Å². The molecule has 0 saturated heterocycles. The molecule has 3 rings (SSSR count). The first-order valence-electron chi connectivity index (χ1n) is 9.23. The van der Waals surface area contributed by atoms with Crippen molar-refractivity contribution in [2.24, 2.45) is 0 Å². The Kier molecular flexibility index (Phi) is 6.53. The highest BCUT2D eigenvalue weighted by molar-refractivity contribution is 8.00. The van der Waals surface area contributed by atoms with Gasteiger partial charge >= 0.3 is 12.0 Å². The van der Waals surface area contributed by atoms with Gasteiger partial charge in [0.15, 0.2) is 5.16 Å². The van der Waals surface area contributed by atoms with Gasteiger partial charge in [-0.25, -0.2) is 9.78 Å². The lowest BCUT2D eigenvalue weighted by Gasteiger charge is -2.16. The number of rotatable bonds is 7. The second-order valence-corrected chi connectivity index (χ2v) is 8.00. The molecular weight excluding hydrogens is 396 g/mol. The molecule has 154 valence electrons. The van der Waals surface area contributed by atoms with E-state index in [9.17, 15) is 19.2 Å². The zero-order valence-corrected chi connectivity index (χ0v) is 17.0. The molecule has 0 aliphatic heterocycles. The van der Waals surface area contributed by atoms with Gasteiger partial charge in [-0.05, 0) is 31.9 Å². The number of amides is 3. The predicted octanol–water partition coefficient (Wildman–Crippen LogP) is 1.43. The van der Waals surface area contributed by atoms with E-state index in [-0.39, 0.29) is 24.6 Å². The van der Waals surface area contributed by atoms with Crippen molar-refractivity contribution < 1.29 is 19.1 Å². The Balaban J connectivity index is 1.81. The number of carbonyl (C=O) groups excluding carboxylic acids is 3. The largest absolute Gasteiger partial charge is 0.469 e. The van der Waals surface area contributed by atoms with Crippen LogP contribution in [0.5, 0.6) is 0 Å². The molecule has 0 bridgehead atoms. The van der Waals surface area contributed by atoms with Gasteiger partial charge in [-0.15, -0.1) is 0 Å². The van der Waals surface area contributed by atoms with Gasteiger partial charge in [-0.1, -0.05) is 23.9 Å². The normalized spacial score (nSPS) is 14.3. The molecule has 1 saturated carbocycles. The number of methoxy groups -OCH3 is 1. The van der Waals surface area contributed by atoms with E-state index in [0.29, 0.717) is 16.1 Å². The SMILES string of the molecule is COC(=O)CCn1c(SC(C)C(=O)NC(=O)NC2CC2)nc2ccccc2c1=O. The third-order valence-electron chi connectivity index (χ3n) is 4.39. The van der Waals surface area contributed by atoms with Crippen LogP contribution < -0.4 is 16.2 Å². The summed E-state index contributed by atoms with van der Waals surface area (Å²) in [6, 6.07) is 6.47. The fourth-order valence-corrected chi connectivity index (χ4v) is 3.55. The zero-order valence-electron chi connectivity index (χ0n) is 16.1. The molecule has 1 unspecified atom stereocenters. The molecule has 1 aliphatic carbocycles. The van der Waals surface area contributed by atoms with E-state index in [1.807, 2.05) is 0 Å². The summed E-state index contributed by atoms with van der Waals surface area (Å²) in [4.78, 5) is 53.1. The molecule has 10 heteroatoms. The summed E-state index contributed by atoms with van der Waals surface area (Å²) in [5, 5.41) is 5.02. The van der Waals surface area contributed by atoms with Crippen molar-refractivity contribution in [1.29, 1.82) is 0 Å². The number of aromatic nitrogens is 2. The van der Waals surface area contributed by atoms with Crippen LogP contribution in [-0.2, 0) is 20.9 Å². The lowest BCUT2D eigenvalue weighted by Crippen LogP contribution is -2.43. The fourth-order valence-electron chi connectivity index (χ4n) is 2.61. The van der Waals surface area contributed by atoms with Gasteiger partial charge in [0, 0.05) is 12.6 Å². The molecule has 2 N–H and O–H groups in total. The minimum atomic E-state index is -0.683. The Labute approximate surface area is 171 Å². The van der Waals surface area contributed by atoms with E-state index >= 15 is 0 Å². The van der Waals surface area contributed by atoms with Crippen molar-refractivity contribution in [2.75, 3.05) is 7.11 Å². The van der Waals surface area contributed by atoms with E-state index < -0.39 is 23.2 Å². The number of para-hydroxylation sites is 1. The van der Waals surface area contributed by atoms with Crippen molar-refractivity contribution in [3.8, 4) is 0 Å². The number of fused-ring (bicyclic) bond motifs is 1. The number of hydrogen-bond donors (Lipinski definition) is 2. The van der Waals surface area contributed by atoms with Crippen LogP contribution in [0.25, 0.3) is 10.9 Å². The minimum absolute atomic E-state index is 0.00560. The van der Waals surface area contributed by atoms with Crippen LogP contribution in [0.1, 0.15) is 26.2 Å². The Morgan fingerprint density at radius 3 is 2.72 bits per heavy atom. The highest BCUT2D eigenvalue weighted by Crippen LogP contribution is 2.23. The number of ether oxygens (including phenoxy) is 1. The third kappa shape index (κ3) is 5.35. The summed E-state index contributed by atoms with van der Waals surface area (Å²) in [5.41, 5.74) is 0.189. The molecule has 9 nitrogen and oxygen atoms in total. The molecule has 0 radical (unpaired) electrons. The number of esters is 1. The first-order chi connectivity index (χ1) is 13.9. The fraction of sp³-hybridized carbons (Fsp3) is 0.421. The monoisotopic (exact) mass is 418 g/mol. The molecule has 1 aromatic heterocycles.